The first-order valence-electron chi connectivity index (χ1n) is 4.60. The molecule has 0 fully saturated rings. The Morgan fingerprint density at radius 3 is 2.20 bits per heavy atom. The maximum Gasteiger partial charge on any atom is 0.235 e. The monoisotopic (exact) mass is 240 g/mol. The van der Waals surface area contributed by atoms with Crippen LogP contribution < -0.4 is 11.1 Å². The number of halogens is 1. The van der Waals surface area contributed by atoms with Gasteiger partial charge in [-0.15, -0.1) is 12.4 Å². The molecule has 0 bridgehead atoms. The Hall–Kier alpha value is -0.360. The molecule has 0 unspecified atom stereocenters. The summed E-state index contributed by atoms with van der Waals surface area (Å²) in [6.07, 6.45) is -0.862. The van der Waals surface area contributed by atoms with Gasteiger partial charge >= 0.3 is 0 Å². The Labute approximate surface area is 96.5 Å². The summed E-state index contributed by atoms with van der Waals surface area (Å²) in [7, 11) is 0. The van der Waals surface area contributed by atoms with E-state index in [4.69, 9.17) is 15.9 Å². The molecule has 6 heteroatoms. The minimum atomic E-state index is -0.862. The zero-order chi connectivity index (χ0) is 11.4. The first-order valence-corrected chi connectivity index (χ1v) is 4.60. The second kappa shape index (κ2) is 7.00. The molecule has 0 aromatic rings. The van der Waals surface area contributed by atoms with Gasteiger partial charge in [0.25, 0.3) is 0 Å². The van der Waals surface area contributed by atoms with Gasteiger partial charge < -0.3 is 21.3 Å². The molecule has 1 amide bonds. The molecule has 92 valence electrons. The fourth-order valence-electron chi connectivity index (χ4n) is 1.15. The number of nitrogens with one attached hydrogen (secondary N) is 1. The number of amides is 1. The summed E-state index contributed by atoms with van der Waals surface area (Å²) < 4.78 is 0. The number of primary amides is 1. The number of aliphatic hydroxyl groups excluding tert-OH is 2. The van der Waals surface area contributed by atoms with Gasteiger partial charge in [-0.05, 0) is 5.41 Å². The number of rotatable bonds is 5. The predicted molar refractivity (Wildman–Crippen MR) is 60.8 cm³/mol. The fraction of sp³-hybridized carbons (Fsp3) is 0.889. The molecule has 5 N–H and O–H groups in total. The van der Waals surface area contributed by atoms with Gasteiger partial charge in [-0.25, -0.2) is 0 Å². The van der Waals surface area contributed by atoms with Crippen LogP contribution in [0.25, 0.3) is 0 Å². The Balaban J connectivity index is 0. The lowest BCUT2D eigenvalue weighted by Gasteiger charge is -2.29. The van der Waals surface area contributed by atoms with Gasteiger partial charge in [0.1, 0.15) is 0 Å². The third-order valence-electron chi connectivity index (χ3n) is 1.92. The van der Waals surface area contributed by atoms with Gasteiger partial charge in [0.05, 0.1) is 18.8 Å². The van der Waals surface area contributed by atoms with Crippen LogP contribution in [-0.2, 0) is 4.79 Å². The van der Waals surface area contributed by atoms with E-state index < -0.39 is 18.1 Å². The number of carbonyl (C=O) groups is 1. The molecule has 0 aliphatic heterocycles. The minimum absolute atomic E-state index is 0. The topological polar surface area (TPSA) is 95.6 Å². The highest BCUT2D eigenvalue weighted by Gasteiger charge is 2.29. The Bertz CT molecular complexity index is 194. The van der Waals surface area contributed by atoms with Gasteiger partial charge in [-0.2, -0.15) is 0 Å². The van der Waals surface area contributed by atoms with Crippen LogP contribution in [0.3, 0.4) is 0 Å². The lowest BCUT2D eigenvalue weighted by atomic mass is 9.86. The summed E-state index contributed by atoms with van der Waals surface area (Å²) in [6, 6.07) is -0.510. The average molecular weight is 241 g/mol. The molecule has 0 aliphatic rings. The summed E-state index contributed by atoms with van der Waals surface area (Å²) in [5, 5.41) is 20.5. The highest BCUT2D eigenvalue weighted by atomic mass is 35.5. The second-order valence-corrected chi connectivity index (χ2v) is 4.45. The Kier molecular flexibility index (Phi) is 7.96. The van der Waals surface area contributed by atoms with Crippen molar-refractivity contribution in [1.82, 2.24) is 5.32 Å². The number of hydrogen-bond acceptors (Lipinski definition) is 4. The van der Waals surface area contributed by atoms with E-state index >= 15 is 0 Å². The van der Waals surface area contributed by atoms with Crippen LogP contribution in [0.2, 0.25) is 0 Å². The van der Waals surface area contributed by atoms with Crippen LogP contribution >= 0.6 is 12.4 Å². The number of hydrogen-bond donors (Lipinski definition) is 4. The second-order valence-electron chi connectivity index (χ2n) is 4.45. The van der Waals surface area contributed by atoms with Crippen molar-refractivity contribution in [3.8, 4) is 0 Å². The van der Waals surface area contributed by atoms with Crippen LogP contribution in [0.15, 0.2) is 0 Å². The average Bonchev–Trinajstić information content (AvgIpc) is 2.01. The third-order valence-corrected chi connectivity index (χ3v) is 1.92. The summed E-state index contributed by atoms with van der Waals surface area (Å²) in [4.78, 5) is 11.1. The van der Waals surface area contributed by atoms with Gasteiger partial charge in [0, 0.05) is 6.54 Å². The highest BCUT2D eigenvalue weighted by Crippen LogP contribution is 2.18. The molecular weight excluding hydrogens is 220 g/mol. The zero-order valence-corrected chi connectivity index (χ0v) is 10.2. The van der Waals surface area contributed by atoms with E-state index in [0.29, 0.717) is 0 Å². The summed E-state index contributed by atoms with van der Waals surface area (Å²) in [5.41, 5.74) is 4.90. The van der Waals surface area contributed by atoms with Crippen molar-refractivity contribution in [3.05, 3.63) is 0 Å². The highest BCUT2D eigenvalue weighted by molar-refractivity contribution is 5.85. The van der Waals surface area contributed by atoms with Crippen molar-refractivity contribution < 1.29 is 15.0 Å². The molecule has 0 aromatic carbocycles. The van der Waals surface area contributed by atoms with E-state index in [2.05, 4.69) is 5.32 Å². The van der Waals surface area contributed by atoms with Gasteiger partial charge in [-0.1, -0.05) is 20.8 Å². The standard InChI is InChI=1S/C9H20N2O3.ClH/c1-9(2,3)7(8(10)14)11-4-6(13)5-12;/h6-7,11-13H,4-5H2,1-3H3,(H2,10,14);1H/t6-,7+;/m0./s1. The van der Waals surface area contributed by atoms with E-state index in [1.807, 2.05) is 20.8 Å². The third kappa shape index (κ3) is 6.67. The maximum atomic E-state index is 11.1. The van der Waals surface area contributed by atoms with Crippen molar-refractivity contribution in [1.29, 1.82) is 0 Å². The van der Waals surface area contributed by atoms with E-state index in [-0.39, 0.29) is 31.0 Å². The maximum absolute atomic E-state index is 11.1. The van der Waals surface area contributed by atoms with Gasteiger partial charge in [-0.3, -0.25) is 4.79 Å². The molecule has 0 aromatic heterocycles. The summed E-state index contributed by atoms with van der Waals surface area (Å²) in [6.45, 7) is 5.45. The van der Waals surface area contributed by atoms with Gasteiger partial charge in [0.2, 0.25) is 5.91 Å². The molecule has 5 nitrogen and oxygen atoms in total. The van der Waals surface area contributed by atoms with Crippen molar-refractivity contribution in [2.24, 2.45) is 11.1 Å². The molecule has 15 heavy (non-hydrogen) atoms. The molecule has 0 saturated heterocycles. The van der Waals surface area contributed by atoms with E-state index in [0.717, 1.165) is 0 Å². The summed E-state index contributed by atoms with van der Waals surface area (Å²) in [5.74, 6) is -0.456. The quantitative estimate of drug-likeness (QED) is 0.509. The van der Waals surface area contributed by atoms with E-state index in [1.54, 1.807) is 0 Å². The Morgan fingerprint density at radius 2 is 1.93 bits per heavy atom. The first-order chi connectivity index (χ1) is 6.29. The molecule has 2 atom stereocenters. The molecule has 0 spiro atoms. The molecule has 0 radical (unpaired) electrons. The lowest BCUT2D eigenvalue weighted by Crippen LogP contribution is -2.52. The van der Waals surface area contributed by atoms with Crippen molar-refractivity contribution in [2.75, 3.05) is 13.2 Å². The van der Waals surface area contributed by atoms with E-state index in [9.17, 15) is 4.79 Å². The normalized spacial score (nSPS) is 15.3. The van der Waals surface area contributed by atoms with Gasteiger partial charge in [0.15, 0.2) is 0 Å². The lowest BCUT2D eigenvalue weighted by molar-refractivity contribution is -0.122. The van der Waals surface area contributed by atoms with Crippen LogP contribution in [0.1, 0.15) is 20.8 Å². The largest absolute Gasteiger partial charge is 0.394 e. The fourth-order valence-corrected chi connectivity index (χ4v) is 1.15. The summed E-state index contributed by atoms with van der Waals surface area (Å²) >= 11 is 0. The molecule has 0 aliphatic carbocycles. The molecule has 0 rings (SSSR count). The number of carbonyl (C=O) groups excluding carboxylic acids is 1. The smallest absolute Gasteiger partial charge is 0.235 e. The van der Waals surface area contributed by atoms with Crippen molar-refractivity contribution >= 4 is 18.3 Å². The van der Waals surface area contributed by atoms with Crippen LogP contribution in [-0.4, -0.2) is 41.4 Å². The van der Waals surface area contributed by atoms with Crippen molar-refractivity contribution in [3.63, 3.8) is 0 Å². The number of aliphatic hydroxyl groups is 2. The Morgan fingerprint density at radius 1 is 1.47 bits per heavy atom. The predicted octanol–water partition coefficient (Wildman–Crippen LogP) is -0.749. The number of nitrogens with two attached hydrogens (primary N) is 1. The van der Waals surface area contributed by atoms with Crippen LogP contribution in [0.4, 0.5) is 0 Å². The van der Waals surface area contributed by atoms with Crippen molar-refractivity contribution in [2.45, 2.75) is 32.9 Å². The minimum Gasteiger partial charge on any atom is -0.394 e. The zero-order valence-electron chi connectivity index (χ0n) is 9.36. The molecule has 0 heterocycles. The molecule has 0 saturated carbocycles. The van der Waals surface area contributed by atoms with Crippen LogP contribution in [0.5, 0.6) is 0 Å². The first kappa shape index (κ1) is 17.0. The SMILES string of the molecule is CC(C)(C)[C@H](NC[C@H](O)CO)C(N)=O.Cl. The molecular formula is C9H21ClN2O3. The van der Waals surface area contributed by atoms with Crippen LogP contribution in [0, 0.1) is 5.41 Å². The van der Waals surface area contributed by atoms with E-state index in [1.165, 1.54) is 0 Å².